The Bertz CT molecular complexity index is 841. The number of ether oxygens (including phenoxy) is 1. The van der Waals surface area contributed by atoms with Crippen molar-refractivity contribution in [3.63, 3.8) is 0 Å². The van der Waals surface area contributed by atoms with Gasteiger partial charge in [0.05, 0.1) is 5.92 Å². The molecular formula is C23H31NO6. The lowest BCUT2D eigenvalue weighted by atomic mass is 9.74. The van der Waals surface area contributed by atoms with Gasteiger partial charge in [-0.25, -0.2) is 4.79 Å². The van der Waals surface area contributed by atoms with Crippen LogP contribution in [-0.4, -0.2) is 52.7 Å². The molecule has 1 saturated heterocycles. The van der Waals surface area contributed by atoms with Crippen LogP contribution in [0, 0.1) is 31.6 Å². The van der Waals surface area contributed by atoms with Crippen molar-refractivity contribution >= 4 is 17.8 Å². The number of nitrogens with zero attached hydrogens (tertiary/aromatic N) is 1. The van der Waals surface area contributed by atoms with Crippen LogP contribution in [0.4, 0.5) is 0 Å². The van der Waals surface area contributed by atoms with Crippen molar-refractivity contribution < 1.29 is 29.3 Å². The topological polar surface area (TPSA) is 104 Å². The van der Waals surface area contributed by atoms with Crippen molar-refractivity contribution in [1.29, 1.82) is 0 Å². The zero-order valence-electron chi connectivity index (χ0n) is 17.9. The maximum atomic E-state index is 13.1. The first-order valence-electron chi connectivity index (χ1n) is 10.7. The average molecular weight is 418 g/mol. The maximum absolute atomic E-state index is 13.1. The summed E-state index contributed by atoms with van der Waals surface area (Å²) < 4.78 is 5.49. The van der Waals surface area contributed by atoms with Crippen LogP contribution in [0.3, 0.4) is 0 Å². The highest BCUT2D eigenvalue weighted by Gasteiger charge is 2.34. The summed E-state index contributed by atoms with van der Waals surface area (Å²) in [4.78, 5) is 36.9. The predicted molar refractivity (Wildman–Crippen MR) is 111 cm³/mol. The molecular weight excluding hydrogens is 386 g/mol. The summed E-state index contributed by atoms with van der Waals surface area (Å²) in [6.45, 7) is 6.61. The molecule has 1 aliphatic carbocycles. The monoisotopic (exact) mass is 417 g/mol. The second-order valence-electron chi connectivity index (χ2n) is 8.69. The summed E-state index contributed by atoms with van der Waals surface area (Å²) in [5, 5.41) is 18.1. The van der Waals surface area contributed by atoms with Gasteiger partial charge in [-0.15, -0.1) is 0 Å². The summed E-state index contributed by atoms with van der Waals surface area (Å²) in [7, 11) is 0. The zero-order chi connectivity index (χ0) is 22.0. The summed E-state index contributed by atoms with van der Waals surface area (Å²) >= 11 is 0. The summed E-state index contributed by atoms with van der Waals surface area (Å²) in [5.74, 6) is -1.35. The minimum absolute atomic E-state index is 0.111. The molecule has 1 aromatic rings. The molecule has 0 saturated carbocycles. The first kappa shape index (κ1) is 22.1. The van der Waals surface area contributed by atoms with E-state index in [4.69, 9.17) is 14.9 Å². The molecule has 0 aromatic heterocycles. The SMILES string of the molecule is Cc1cc(OCC(=O)O)c(C)c2c1CC[C@@H]([C@H](C)C(=O)N1CCC(C(=O)O)CC1)C2. The van der Waals surface area contributed by atoms with E-state index in [1.807, 2.05) is 31.7 Å². The van der Waals surface area contributed by atoms with Crippen molar-refractivity contribution in [3.05, 3.63) is 28.3 Å². The lowest BCUT2D eigenvalue weighted by Crippen LogP contribution is -2.44. The number of carboxylic acid groups (broad SMARTS) is 2. The molecule has 0 bridgehead atoms. The van der Waals surface area contributed by atoms with Gasteiger partial charge in [-0.1, -0.05) is 6.92 Å². The van der Waals surface area contributed by atoms with Crippen molar-refractivity contribution in [2.45, 2.75) is 52.9 Å². The molecule has 1 aliphatic heterocycles. The number of carboxylic acids is 2. The summed E-state index contributed by atoms with van der Waals surface area (Å²) in [5.41, 5.74) is 4.52. The molecule has 1 aromatic carbocycles. The fraction of sp³-hybridized carbons (Fsp3) is 0.609. The quantitative estimate of drug-likeness (QED) is 0.738. The Hall–Kier alpha value is -2.57. The van der Waals surface area contributed by atoms with Gasteiger partial charge in [-0.3, -0.25) is 9.59 Å². The second kappa shape index (κ2) is 9.06. The molecule has 0 radical (unpaired) electrons. The van der Waals surface area contributed by atoms with Crippen LogP contribution in [0.5, 0.6) is 5.75 Å². The van der Waals surface area contributed by atoms with E-state index in [2.05, 4.69) is 0 Å². The number of hydrogen-bond acceptors (Lipinski definition) is 4. The number of amides is 1. The predicted octanol–water partition coefficient (Wildman–Crippen LogP) is 2.83. The molecule has 3 rings (SSSR count). The van der Waals surface area contributed by atoms with Crippen molar-refractivity contribution in [1.82, 2.24) is 4.90 Å². The highest BCUT2D eigenvalue weighted by molar-refractivity contribution is 5.79. The number of likely N-dealkylation sites (tertiary alicyclic amines) is 1. The molecule has 7 nitrogen and oxygen atoms in total. The van der Waals surface area contributed by atoms with Crippen molar-refractivity contribution in [2.24, 2.45) is 17.8 Å². The van der Waals surface area contributed by atoms with Crippen LogP contribution < -0.4 is 4.74 Å². The van der Waals surface area contributed by atoms with Crippen molar-refractivity contribution in [2.75, 3.05) is 19.7 Å². The molecule has 2 N–H and O–H groups in total. The number of benzene rings is 1. The van der Waals surface area contributed by atoms with Gasteiger partial charge in [-0.2, -0.15) is 0 Å². The number of hydrogen-bond donors (Lipinski definition) is 2. The van der Waals surface area contributed by atoms with Crippen molar-refractivity contribution in [3.8, 4) is 5.75 Å². The van der Waals surface area contributed by atoms with E-state index in [0.29, 0.717) is 31.7 Å². The third kappa shape index (κ3) is 4.60. The van der Waals surface area contributed by atoms with Gasteiger partial charge in [0, 0.05) is 19.0 Å². The van der Waals surface area contributed by atoms with E-state index in [1.165, 1.54) is 11.1 Å². The van der Waals surface area contributed by atoms with E-state index in [1.54, 1.807) is 0 Å². The van der Waals surface area contributed by atoms with Gasteiger partial charge in [0.15, 0.2) is 6.61 Å². The molecule has 164 valence electrons. The Labute approximate surface area is 177 Å². The largest absolute Gasteiger partial charge is 0.482 e. The van der Waals surface area contributed by atoms with E-state index in [-0.39, 0.29) is 30.3 Å². The number of carbonyl (C=O) groups is 3. The lowest BCUT2D eigenvalue weighted by Gasteiger charge is -2.36. The van der Waals surface area contributed by atoms with Gasteiger partial charge < -0.3 is 19.8 Å². The average Bonchev–Trinajstić information content (AvgIpc) is 2.73. The highest BCUT2D eigenvalue weighted by atomic mass is 16.5. The Morgan fingerprint density at radius 1 is 1.13 bits per heavy atom. The molecule has 2 aliphatic rings. The molecule has 7 heteroatoms. The molecule has 1 amide bonds. The van der Waals surface area contributed by atoms with Crippen LogP contribution in [0.15, 0.2) is 6.07 Å². The second-order valence-corrected chi connectivity index (χ2v) is 8.69. The fourth-order valence-electron chi connectivity index (χ4n) is 4.88. The first-order chi connectivity index (χ1) is 14.2. The van der Waals surface area contributed by atoms with Crippen LogP contribution >= 0.6 is 0 Å². The van der Waals surface area contributed by atoms with Gasteiger partial charge in [0.1, 0.15) is 5.75 Å². The summed E-state index contributed by atoms with van der Waals surface area (Å²) in [6.07, 6.45) is 3.63. The molecule has 1 fully saturated rings. The van der Waals surface area contributed by atoms with E-state index >= 15 is 0 Å². The number of fused-ring (bicyclic) bond motifs is 1. The third-order valence-corrected chi connectivity index (χ3v) is 6.85. The third-order valence-electron chi connectivity index (χ3n) is 6.85. The van der Waals surface area contributed by atoms with Gasteiger partial charge in [-0.05, 0) is 80.2 Å². The molecule has 0 unspecified atom stereocenters. The van der Waals surface area contributed by atoms with Gasteiger partial charge in [0.2, 0.25) is 5.91 Å². The lowest BCUT2D eigenvalue weighted by molar-refractivity contribution is -0.147. The van der Waals surface area contributed by atoms with Crippen LogP contribution in [-0.2, 0) is 27.2 Å². The Kier molecular flexibility index (Phi) is 6.68. The number of aryl methyl sites for hydroxylation is 1. The Morgan fingerprint density at radius 2 is 1.80 bits per heavy atom. The normalized spacial score (nSPS) is 20.4. The Balaban J connectivity index is 1.71. The van der Waals surface area contributed by atoms with Gasteiger partial charge in [0.25, 0.3) is 0 Å². The molecule has 0 spiro atoms. The minimum Gasteiger partial charge on any atom is -0.482 e. The van der Waals surface area contributed by atoms with E-state index < -0.39 is 11.9 Å². The minimum atomic E-state index is -1.01. The highest BCUT2D eigenvalue weighted by Crippen LogP contribution is 2.38. The Morgan fingerprint density at radius 3 is 2.40 bits per heavy atom. The number of rotatable bonds is 6. The van der Waals surface area contributed by atoms with Crippen LogP contribution in [0.2, 0.25) is 0 Å². The molecule has 1 heterocycles. The van der Waals surface area contributed by atoms with E-state index in [9.17, 15) is 14.4 Å². The maximum Gasteiger partial charge on any atom is 0.341 e. The summed E-state index contributed by atoms with van der Waals surface area (Å²) in [6, 6.07) is 1.92. The van der Waals surface area contributed by atoms with Crippen LogP contribution in [0.25, 0.3) is 0 Å². The molecule has 30 heavy (non-hydrogen) atoms. The smallest absolute Gasteiger partial charge is 0.341 e. The van der Waals surface area contributed by atoms with E-state index in [0.717, 1.165) is 30.4 Å². The standard InChI is InChI=1S/C23H31NO6/c1-13-10-20(30-12-21(25)26)15(3)19-11-17(4-5-18(13)19)14(2)22(27)24-8-6-16(7-9-24)23(28)29/h10,14,16-17H,4-9,11-12H2,1-3H3,(H,25,26)(H,28,29)/t14-,17+/m0/s1. The zero-order valence-corrected chi connectivity index (χ0v) is 17.9. The number of aliphatic carboxylic acids is 2. The van der Waals surface area contributed by atoms with Crippen LogP contribution in [0.1, 0.15) is 48.4 Å². The number of carbonyl (C=O) groups excluding carboxylic acids is 1. The fourth-order valence-corrected chi connectivity index (χ4v) is 4.88. The first-order valence-corrected chi connectivity index (χ1v) is 10.7. The number of piperidine rings is 1. The van der Waals surface area contributed by atoms with Gasteiger partial charge >= 0.3 is 11.9 Å². The molecule has 2 atom stereocenters.